The Hall–Kier alpha value is -3.95. The van der Waals surface area contributed by atoms with Gasteiger partial charge in [0.25, 0.3) is 0 Å². The zero-order valence-corrected chi connectivity index (χ0v) is 17.2. The predicted octanol–water partition coefficient (Wildman–Crippen LogP) is -5.71. The van der Waals surface area contributed by atoms with Gasteiger partial charge in [0, 0.05) is 6.54 Å². The number of carbonyl (C=O) groups is 6. The maximum atomic E-state index is 12.6. The summed E-state index contributed by atoms with van der Waals surface area (Å²) < 4.78 is 0. The van der Waals surface area contributed by atoms with Gasteiger partial charge in [0.15, 0.2) is 5.96 Å². The van der Waals surface area contributed by atoms with Crippen LogP contribution in [0.15, 0.2) is 4.99 Å². The Kier molecular flexibility index (Phi) is 12.4. The molecule has 0 spiro atoms. The van der Waals surface area contributed by atoms with E-state index in [0.29, 0.717) is 0 Å². The van der Waals surface area contributed by atoms with E-state index in [4.69, 9.17) is 33.8 Å². The topological polar surface area (TPSA) is 301 Å². The quantitative estimate of drug-likeness (QED) is 0.0634. The van der Waals surface area contributed by atoms with Crippen LogP contribution in [0.4, 0.5) is 0 Å². The summed E-state index contributed by atoms with van der Waals surface area (Å²) in [5, 5.41) is 15.7. The fourth-order valence-corrected chi connectivity index (χ4v) is 2.38. The van der Waals surface area contributed by atoms with Gasteiger partial charge in [-0.1, -0.05) is 0 Å². The molecule has 0 fully saturated rings. The monoisotopic (exact) mass is 459 g/mol. The molecule has 3 atom stereocenters. The molecule has 16 nitrogen and oxygen atoms in total. The Labute approximate surface area is 182 Å². The minimum atomic E-state index is -1.69. The second-order valence-corrected chi connectivity index (χ2v) is 6.57. The van der Waals surface area contributed by atoms with E-state index in [0.717, 1.165) is 0 Å². The maximum absolute atomic E-state index is 12.6. The SMILES string of the molecule is NCC(=O)NC(CCCN=C(N)N)C(=O)NC(CC(N)=O)C(=O)NC(CC(N)=O)C(=O)O. The number of nitrogens with zero attached hydrogens (tertiary/aromatic N) is 1. The first kappa shape index (κ1) is 28.0. The lowest BCUT2D eigenvalue weighted by molar-refractivity contribution is -0.144. The van der Waals surface area contributed by atoms with Gasteiger partial charge in [-0.25, -0.2) is 4.79 Å². The highest BCUT2D eigenvalue weighted by molar-refractivity contribution is 5.96. The third-order valence-corrected chi connectivity index (χ3v) is 3.84. The Morgan fingerprint density at radius 1 is 0.781 bits per heavy atom. The molecular formula is C16H29N9O7. The molecule has 0 heterocycles. The van der Waals surface area contributed by atoms with Crippen LogP contribution in [0.3, 0.4) is 0 Å². The number of aliphatic imine (C=N–C) groups is 1. The van der Waals surface area contributed by atoms with Crippen LogP contribution in [0, 0.1) is 0 Å². The van der Waals surface area contributed by atoms with Crippen LogP contribution in [0.2, 0.25) is 0 Å². The highest BCUT2D eigenvalue weighted by Gasteiger charge is 2.31. The number of guanidine groups is 1. The van der Waals surface area contributed by atoms with Crippen molar-refractivity contribution in [2.24, 2.45) is 33.7 Å². The molecule has 32 heavy (non-hydrogen) atoms. The highest BCUT2D eigenvalue weighted by atomic mass is 16.4. The van der Waals surface area contributed by atoms with E-state index in [1.165, 1.54) is 0 Å². The zero-order valence-electron chi connectivity index (χ0n) is 17.2. The number of nitrogens with one attached hydrogen (secondary N) is 3. The number of carboxylic acid groups (broad SMARTS) is 1. The van der Waals surface area contributed by atoms with Crippen LogP contribution in [-0.2, 0) is 28.8 Å². The molecule has 14 N–H and O–H groups in total. The van der Waals surface area contributed by atoms with Gasteiger partial charge in [0.2, 0.25) is 29.5 Å². The number of carboxylic acids is 1. The van der Waals surface area contributed by atoms with Crippen LogP contribution >= 0.6 is 0 Å². The molecule has 0 rings (SSSR count). The van der Waals surface area contributed by atoms with E-state index in [2.05, 4.69) is 15.6 Å². The molecule has 180 valence electrons. The van der Waals surface area contributed by atoms with E-state index in [1.807, 2.05) is 5.32 Å². The Morgan fingerprint density at radius 3 is 1.75 bits per heavy atom. The highest BCUT2D eigenvalue weighted by Crippen LogP contribution is 2.03. The van der Waals surface area contributed by atoms with Gasteiger partial charge in [0.05, 0.1) is 19.4 Å². The number of hydrogen-bond donors (Lipinski definition) is 9. The molecule has 0 saturated carbocycles. The van der Waals surface area contributed by atoms with Crippen molar-refractivity contribution in [3.8, 4) is 0 Å². The molecule has 0 aromatic rings. The average molecular weight is 459 g/mol. The van der Waals surface area contributed by atoms with E-state index < -0.39 is 73.0 Å². The number of amides is 5. The smallest absolute Gasteiger partial charge is 0.326 e. The maximum Gasteiger partial charge on any atom is 0.326 e. The molecule has 0 radical (unpaired) electrons. The van der Waals surface area contributed by atoms with E-state index in [9.17, 15) is 28.8 Å². The average Bonchev–Trinajstić information content (AvgIpc) is 2.67. The van der Waals surface area contributed by atoms with Gasteiger partial charge in [-0.15, -0.1) is 0 Å². The molecule has 0 aliphatic carbocycles. The molecule has 0 bridgehead atoms. The van der Waals surface area contributed by atoms with Crippen molar-refractivity contribution in [3.63, 3.8) is 0 Å². The number of rotatable bonds is 15. The normalized spacial score (nSPS) is 13.0. The largest absolute Gasteiger partial charge is 0.480 e. The molecule has 0 aliphatic heterocycles. The summed E-state index contributed by atoms with van der Waals surface area (Å²) in [6.45, 7) is -0.278. The van der Waals surface area contributed by atoms with Crippen LogP contribution in [0.25, 0.3) is 0 Å². The van der Waals surface area contributed by atoms with Crippen molar-refractivity contribution in [3.05, 3.63) is 0 Å². The number of carbonyl (C=O) groups excluding carboxylic acids is 5. The van der Waals surface area contributed by atoms with Crippen molar-refractivity contribution in [1.82, 2.24) is 16.0 Å². The number of nitrogens with two attached hydrogens (primary N) is 5. The van der Waals surface area contributed by atoms with Gasteiger partial charge < -0.3 is 49.7 Å². The molecule has 0 aromatic heterocycles. The van der Waals surface area contributed by atoms with Gasteiger partial charge in [-0.2, -0.15) is 0 Å². The van der Waals surface area contributed by atoms with Gasteiger partial charge in [-0.3, -0.25) is 29.0 Å². The van der Waals surface area contributed by atoms with E-state index >= 15 is 0 Å². The zero-order chi connectivity index (χ0) is 24.8. The first-order valence-electron chi connectivity index (χ1n) is 9.32. The summed E-state index contributed by atoms with van der Waals surface area (Å²) in [6.07, 6.45) is -1.11. The Balaban J connectivity index is 5.42. The molecule has 5 amide bonds. The number of hydrogen-bond acceptors (Lipinski definition) is 8. The number of primary amides is 2. The Morgan fingerprint density at radius 2 is 1.28 bits per heavy atom. The minimum Gasteiger partial charge on any atom is -0.480 e. The Bertz CT molecular complexity index is 752. The molecule has 0 saturated heterocycles. The number of aliphatic carboxylic acids is 1. The summed E-state index contributed by atoms with van der Waals surface area (Å²) in [5.74, 6) is -6.36. The molecule has 0 aromatic carbocycles. The summed E-state index contributed by atoms with van der Waals surface area (Å²) in [5.41, 5.74) is 25.7. The van der Waals surface area contributed by atoms with E-state index in [1.54, 1.807) is 0 Å². The molecule has 3 unspecified atom stereocenters. The third kappa shape index (κ3) is 11.9. The van der Waals surface area contributed by atoms with Crippen molar-refractivity contribution < 1.29 is 33.9 Å². The van der Waals surface area contributed by atoms with Crippen LogP contribution < -0.4 is 44.6 Å². The predicted molar refractivity (Wildman–Crippen MR) is 110 cm³/mol. The second-order valence-electron chi connectivity index (χ2n) is 6.57. The lowest BCUT2D eigenvalue weighted by Gasteiger charge is -2.23. The molecular weight excluding hydrogens is 430 g/mol. The summed E-state index contributed by atoms with van der Waals surface area (Å²) >= 11 is 0. The van der Waals surface area contributed by atoms with Gasteiger partial charge in [0.1, 0.15) is 18.1 Å². The third-order valence-electron chi connectivity index (χ3n) is 3.84. The molecule has 0 aliphatic rings. The van der Waals surface area contributed by atoms with Crippen molar-refractivity contribution in [2.45, 2.75) is 43.8 Å². The molecule has 16 heteroatoms. The summed E-state index contributed by atoms with van der Waals surface area (Å²) in [6, 6.07) is -4.46. The lowest BCUT2D eigenvalue weighted by Crippen LogP contribution is -2.57. The van der Waals surface area contributed by atoms with Crippen LogP contribution in [-0.4, -0.2) is 77.8 Å². The first-order valence-corrected chi connectivity index (χ1v) is 9.32. The van der Waals surface area contributed by atoms with Gasteiger partial charge >= 0.3 is 5.97 Å². The standard InChI is InChI=1S/C16H29N9O7/c17-6-12(28)23-7(2-1-3-22-16(20)21)13(29)24-8(4-10(18)26)14(30)25-9(15(31)32)5-11(19)27/h7-9H,1-6,17H2,(H2,18,26)(H2,19,27)(H,23,28)(H,24,29)(H,25,30)(H,31,32)(H4,20,21,22). The van der Waals surface area contributed by atoms with Crippen molar-refractivity contribution in [2.75, 3.05) is 13.1 Å². The summed E-state index contributed by atoms with van der Waals surface area (Å²) in [7, 11) is 0. The van der Waals surface area contributed by atoms with Crippen LogP contribution in [0.5, 0.6) is 0 Å². The van der Waals surface area contributed by atoms with E-state index in [-0.39, 0.29) is 25.3 Å². The van der Waals surface area contributed by atoms with Crippen molar-refractivity contribution >= 4 is 41.5 Å². The fraction of sp³-hybridized carbons (Fsp3) is 0.562. The first-order chi connectivity index (χ1) is 14.9. The lowest BCUT2D eigenvalue weighted by atomic mass is 10.1. The fourth-order valence-electron chi connectivity index (χ4n) is 2.38. The minimum absolute atomic E-state index is 0.0404. The van der Waals surface area contributed by atoms with Gasteiger partial charge in [-0.05, 0) is 12.8 Å². The van der Waals surface area contributed by atoms with Crippen molar-refractivity contribution in [1.29, 1.82) is 0 Å². The second kappa shape index (κ2) is 14.1. The van der Waals surface area contributed by atoms with Crippen LogP contribution in [0.1, 0.15) is 25.7 Å². The summed E-state index contributed by atoms with van der Waals surface area (Å²) in [4.78, 5) is 74.0.